The molecule has 3 rings (SSSR count). The molecule has 6 nitrogen and oxygen atoms in total. The first-order valence-corrected chi connectivity index (χ1v) is 8.60. The van der Waals surface area contributed by atoms with E-state index in [0.717, 1.165) is 5.56 Å². The summed E-state index contributed by atoms with van der Waals surface area (Å²) in [6, 6.07) is 10.9. The molecule has 0 aliphatic rings. The van der Waals surface area contributed by atoms with Gasteiger partial charge < -0.3 is 14.3 Å². The lowest BCUT2D eigenvalue weighted by Gasteiger charge is -2.09. The number of sulfonamides is 1. The van der Waals surface area contributed by atoms with Gasteiger partial charge in [-0.15, -0.1) is 0 Å². The Labute approximate surface area is 138 Å². The summed E-state index contributed by atoms with van der Waals surface area (Å²) in [4.78, 5) is 11.4. The van der Waals surface area contributed by atoms with Crippen LogP contribution in [0.1, 0.15) is 21.7 Å². The van der Waals surface area contributed by atoms with E-state index in [9.17, 15) is 18.3 Å². The number of carbonyl (C=O) groups excluding carboxylic acids is 1. The highest BCUT2D eigenvalue weighted by atomic mass is 32.2. The minimum absolute atomic E-state index is 0.0821. The molecule has 0 amide bonds. The van der Waals surface area contributed by atoms with Crippen LogP contribution >= 0.6 is 0 Å². The number of hydrogen-bond donors (Lipinski definition) is 1. The Bertz CT molecular complexity index is 1030. The van der Waals surface area contributed by atoms with Crippen molar-refractivity contribution in [2.45, 2.75) is 18.7 Å². The van der Waals surface area contributed by atoms with Crippen LogP contribution in [-0.4, -0.2) is 14.4 Å². The SMILES string of the molecule is Cc1ccc(S(=O)(=O)Nc2ccc3oc(C)c(C(=O)[O-])c3c2)cc1. The molecule has 0 aliphatic carbocycles. The Kier molecular flexibility index (Phi) is 3.81. The summed E-state index contributed by atoms with van der Waals surface area (Å²) in [6.45, 7) is 3.38. The number of fused-ring (bicyclic) bond motifs is 1. The van der Waals surface area contributed by atoms with E-state index >= 15 is 0 Å². The lowest BCUT2D eigenvalue weighted by Crippen LogP contribution is -2.22. The number of aryl methyl sites for hydroxylation is 2. The van der Waals surface area contributed by atoms with E-state index in [4.69, 9.17) is 4.42 Å². The number of furan rings is 1. The largest absolute Gasteiger partial charge is 0.545 e. The van der Waals surface area contributed by atoms with Gasteiger partial charge in [0.15, 0.2) is 0 Å². The Hall–Kier alpha value is -2.80. The highest BCUT2D eigenvalue weighted by molar-refractivity contribution is 7.92. The first kappa shape index (κ1) is 16.1. The Morgan fingerprint density at radius 1 is 1.08 bits per heavy atom. The molecule has 2 aromatic carbocycles. The minimum Gasteiger partial charge on any atom is -0.545 e. The number of carboxylic acid groups (broad SMARTS) is 1. The van der Waals surface area contributed by atoms with E-state index in [-0.39, 0.29) is 27.3 Å². The van der Waals surface area contributed by atoms with E-state index in [0.29, 0.717) is 5.58 Å². The minimum atomic E-state index is -3.77. The fourth-order valence-electron chi connectivity index (χ4n) is 2.47. The molecule has 0 saturated carbocycles. The summed E-state index contributed by atoms with van der Waals surface area (Å²) in [5.41, 5.74) is 1.46. The summed E-state index contributed by atoms with van der Waals surface area (Å²) < 4.78 is 32.6. The fourth-order valence-corrected chi connectivity index (χ4v) is 3.52. The van der Waals surface area contributed by atoms with Crippen LogP contribution < -0.4 is 9.83 Å². The maximum Gasteiger partial charge on any atom is 0.261 e. The molecule has 24 heavy (non-hydrogen) atoms. The number of rotatable bonds is 4. The number of carboxylic acids is 1. The molecule has 3 aromatic rings. The standard InChI is InChI=1S/C17H15NO5S/c1-10-3-6-13(7-4-10)24(21,22)18-12-5-8-15-14(9-12)16(17(19)20)11(2)23-15/h3-9,18H,1-2H3,(H,19,20)/p-1. The van der Waals surface area contributed by atoms with Gasteiger partial charge in [-0.3, -0.25) is 4.72 Å². The van der Waals surface area contributed by atoms with Gasteiger partial charge in [-0.05, 0) is 44.2 Å². The number of nitrogens with one attached hydrogen (secondary N) is 1. The molecule has 0 radical (unpaired) electrons. The maximum absolute atomic E-state index is 12.4. The van der Waals surface area contributed by atoms with Crippen LogP contribution in [0.15, 0.2) is 51.8 Å². The van der Waals surface area contributed by atoms with Crippen LogP contribution in [0.5, 0.6) is 0 Å². The molecular formula is C17H14NO5S-. The van der Waals surface area contributed by atoms with Crippen molar-refractivity contribution >= 4 is 32.6 Å². The highest BCUT2D eigenvalue weighted by Gasteiger charge is 2.16. The quantitative estimate of drug-likeness (QED) is 0.782. The molecule has 1 aromatic heterocycles. The zero-order chi connectivity index (χ0) is 17.5. The third kappa shape index (κ3) is 2.85. The molecule has 0 aliphatic heterocycles. The Morgan fingerprint density at radius 3 is 2.38 bits per heavy atom. The van der Waals surface area contributed by atoms with E-state index < -0.39 is 16.0 Å². The molecule has 0 fully saturated rings. The first-order valence-electron chi connectivity index (χ1n) is 7.12. The van der Waals surface area contributed by atoms with Crippen LogP contribution in [0.4, 0.5) is 5.69 Å². The number of anilines is 1. The second-order valence-electron chi connectivity index (χ2n) is 5.45. The molecular weight excluding hydrogens is 330 g/mol. The van der Waals surface area contributed by atoms with Gasteiger partial charge in [0.05, 0.1) is 10.9 Å². The van der Waals surface area contributed by atoms with Gasteiger partial charge in [0, 0.05) is 16.6 Å². The van der Waals surface area contributed by atoms with Crippen molar-refractivity contribution in [3.63, 3.8) is 0 Å². The predicted octanol–water partition coefficient (Wildman–Crippen LogP) is 2.21. The van der Waals surface area contributed by atoms with Crippen LogP contribution in [-0.2, 0) is 10.0 Å². The topological polar surface area (TPSA) is 99.4 Å². The molecule has 7 heteroatoms. The van der Waals surface area contributed by atoms with Gasteiger partial charge >= 0.3 is 0 Å². The van der Waals surface area contributed by atoms with Crippen molar-refractivity contribution in [3.8, 4) is 0 Å². The van der Waals surface area contributed by atoms with Crippen molar-refractivity contribution < 1.29 is 22.7 Å². The lowest BCUT2D eigenvalue weighted by atomic mass is 10.1. The van der Waals surface area contributed by atoms with Crippen LogP contribution in [0.25, 0.3) is 11.0 Å². The van der Waals surface area contributed by atoms with Crippen molar-refractivity contribution in [2.75, 3.05) is 4.72 Å². The van der Waals surface area contributed by atoms with Crippen molar-refractivity contribution in [1.82, 2.24) is 0 Å². The van der Waals surface area contributed by atoms with Gasteiger partial charge in [-0.2, -0.15) is 0 Å². The van der Waals surface area contributed by atoms with E-state index in [2.05, 4.69) is 4.72 Å². The van der Waals surface area contributed by atoms with Crippen molar-refractivity contribution in [1.29, 1.82) is 0 Å². The fraction of sp³-hybridized carbons (Fsp3) is 0.118. The predicted molar refractivity (Wildman–Crippen MR) is 87.3 cm³/mol. The lowest BCUT2D eigenvalue weighted by molar-refractivity contribution is -0.254. The molecule has 0 spiro atoms. The number of aromatic carboxylic acids is 1. The highest BCUT2D eigenvalue weighted by Crippen LogP contribution is 2.28. The third-order valence-electron chi connectivity index (χ3n) is 3.65. The van der Waals surface area contributed by atoms with Gasteiger partial charge in [-0.25, -0.2) is 8.42 Å². The number of benzene rings is 2. The zero-order valence-corrected chi connectivity index (χ0v) is 13.8. The van der Waals surface area contributed by atoms with Gasteiger partial charge in [0.2, 0.25) is 0 Å². The molecule has 124 valence electrons. The van der Waals surface area contributed by atoms with E-state index in [1.807, 2.05) is 6.92 Å². The van der Waals surface area contributed by atoms with Gasteiger partial charge in [0.25, 0.3) is 10.0 Å². The average molecular weight is 344 g/mol. The summed E-state index contributed by atoms with van der Waals surface area (Å²) in [7, 11) is -3.77. The summed E-state index contributed by atoms with van der Waals surface area (Å²) >= 11 is 0. The van der Waals surface area contributed by atoms with E-state index in [1.54, 1.807) is 12.1 Å². The Morgan fingerprint density at radius 2 is 1.75 bits per heavy atom. The van der Waals surface area contributed by atoms with Gasteiger partial charge in [0.1, 0.15) is 11.3 Å². The smallest absolute Gasteiger partial charge is 0.261 e. The van der Waals surface area contributed by atoms with Crippen LogP contribution in [0.3, 0.4) is 0 Å². The molecule has 1 heterocycles. The number of carbonyl (C=O) groups is 1. The van der Waals surface area contributed by atoms with Gasteiger partial charge in [-0.1, -0.05) is 17.7 Å². The normalized spacial score (nSPS) is 11.6. The monoisotopic (exact) mass is 344 g/mol. The first-order chi connectivity index (χ1) is 11.3. The molecule has 1 N–H and O–H groups in total. The molecule has 0 bridgehead atoms. The summed E-state index contributed by atoms with van der Waals surface area (Å²) in [5.74, 6) is -1.16. The Balaban J connectivity index is 2.02. The van der Waals surface area contributed by atoms with Crippen LogP contribution in [0.2, 0.25) is 0 Å². The second-order valence-corrected chi connectivity index (χ2v) is 7.13. The van der Waals surface area contributed by atoms with Crippen LogP contribution in [0, 0.1) is 13.8 Å². The third-order valence-corrected chi connectivity index (χ3v) is 5.05. The molecule has 0 atom stereocenters. The maximum atomic E-state index is 12.4. The number of hydrogen-bond acceptors (Lipinski definition) is 5. The molecule has 0 unspecified atom stereocenters. The zero-order valence-electron chi connectivity index (χ0n) is 13.0. The van der Waals surface area contributed by atoms with Crippen molar-refractivity contribution in [3.05, 3.63) is 59.4 Å². The van der Waals surface area contributed by atoms with E-state index in [1.165, 1.54) is 37.3 Å². The second kappa shape index (κ2) is 5.68. The average Bonchev–Trinajstić information content (AvgIpc) is 2.82. The van der Waals surface area contributed by atoms with Crippen molar-refractivity contribution in [2.24, 2.45) is 0 Å². The molecule has 0 saturated heterocycles. The summed E-state index contributed by atoms with van der Waals surface area (Å²) in [5, 5.41) is 11.5. The summed E-state index contributed by atoms with van der Waals surface area (Å²) in [6.07, 6.45) is 0.